The second-order valence-electron chi connectivity index (χ2n) is 3.35. The van der Waals surface area contributed by atoms with Crippen LogP contribution >= 0.6 is 11.8 Å². The Labute approximate surface area is 104 Å². The highest BCUT2D eigenvalue weighted by Gasteiger charge is 1.99. The molecule has 1 aromatic carbocycles. The fourth-order valence-electron chi connectivity index (χ4n) is 1.39. The maximum Gasteiger partial charge on any atom is 0.172 e. The smallest absolute Gasteiger partial charge is 0.172 e. The van der Waals surface area contributed by atoms with Crippen LogP contribution in [0, 0.1) is 11.3 Å². The third-order valence-electron chi connectivity index (χ3n) is 2.23. The number of nitriles is 1. The van der Waals surface area contributed by atoms with E-state index in [-0.39, 0.29) is 0 Å². The fourth-order valence-corrected chi connectivity index (χ4v) is 1.92. The molecule has 0 unspecified atom stereocenters. The second-order valence-corrected chi connectivity index (χ2v) is 4.12. The van der Waals surface area contributed by atoms with Gasteiger partial charge in [0.25, 0.3) is 0 Å². The molecule has 0 aliphatic rings. The normalized spacial score (nSPS) is 11.2. The van der Waals surface area contributed by atoms with E-state index in [4.69, 9.17) is 5.26 Å². The highest BCUT2D eigenvalue weighted by atomic mass is 32.2. The van der Waals surface area contributed by atoms with Gasteiger partial charge < -0.3 is 4.57 Å². The summed E-state index contributed by atoms with van der Waals surface area (Å²) in [6.45, 7) is 0. The van der Waals surface area contributed by atoms with Crippen LogP contribution < -0.4 is 0 Å². The molecule has 2 aromatic rings. The van der Waals surface area contributed by atoms with Crippen LogP contribution in [0.2, 0.25) is 0 Å². The lowest BCUT2D eigenvalue weighted by molar-refractivity contribution is 1.18. The van der Waals surface area contributed by atoms with Crippen LogP contribution in [-0.4, -0.2) is 16.0 Å². The molecule has 1 aromatic heterocycles. The molecule has 0 spiro atoms. The average Bonchev–Trinajstić information content (AvgIpc) is 2.90. The van der Waals surface area contributed by atoms with Gasteiger partial charge in [0.15, 0.2) is 5.17 Å². The highest BCUT2D eigenvalue weighted by Crippen LogP contribution is 2.16. The maximum absolute atomic E-state index is 8.71. The molecule has 0 bridgehead atoms. The van der Waals surface area contributed by atoms with Crippen LogP contribution in [0.15, 0.2) is 53.8 Å². The van der Waals surface area contributed by atoms with E-state index in [1.54, 1.807) is 23.9 Å². The number of thioether (sulfide) groups is 1. The lowest BCUT2D eigenvalue weighted by Gasteiger charge is -2.04. The van der Waals surface area contributed by atoms with Crippen LogP contribution in [0.5, 0.6) is 0 Å². The molecule has 0 saturated heterocycles. The van der Waals surface area contributed by atoms with Gasteiger partial charge in [0.1, 0.15) is 0 Å². The van der Waals surface area contributed by atoms with Crippen LogP contribution in [-0.2, 0) is 0 Å². The predicted octanol–water partition coefficient (Wildman–Crippen LogP) is 3.26. The molecule has 4 heteroatoms. The molecule has 2 rings (SSSR count). The van der Waals surface area contributed by atoms with Crippen LogP contribution in [0.3, 0.4) is 0 Å². The van der Waals surface area contributed by atoms with Gasteiger partial charge in [0, 0.05) is 12.4 Å². The van der Waals surface area contributed by atoms with Crippen molar-refractivity contribution in [2.24, 2.45) is 4.99 Å². The van der Waals surface area contributed by atoms with Crippen molar-refractivity contribution < 1.29 is 0 Å². The van der Waals surface area contributed by atoms with Gasteiger partial charge in [-0.15, -0.1) is 0 Å². The molecule has 0 atom stereocenters. The minimum absolute atomic E-state index is 0.649. The fraction of sp³-hybridized carbons (Fsp3) is 0.0769. The minimum Gasteiger partial charge on any atom is -0.303 e. The Balaban J connectivity index is 2.30. The molecule has 1 heterocycles. The Morgan fingerprint density at radius 1 is 1.24 bits per heavy atom. The number of hydrogen-bond donors (Lipinski definition) is 0. The number of hydrogen-bond acceptors (Lipinski definition) is 3. The summed E-state index contributed by atoms with van der Waals surface area (Å²) in [7, 11) is 0. The van der Waals surface area contributed by atoms with Crippen molar-refractivity contribution in [2.45, 2.75) is 0 Å². The van der Waals surface area contributed by atoms with Gasteiger partial charge in [-0.2, -0.15) is 5.26 Å². The van der Waals surface area contributed by atoms with Crippen LogP contribution in [0.1, 0.15) is 5.56 Å². The first kappa shape index (κ1) is 11.5. The van der Waals surface area contributed by atoms with Gasteiger partial charge >= 0.3 is 0 Å². The zero-order valence-corrected chi connectivity index (χ0v) is 10.2. The number of benzene rings is 1. The Morgan fingerprint density at radius 3 is 2.41 bits per heavy atom. The zero-order valence-electron chi connectivity index (χ0n) is 9.37. The number of aliphatic imine (C=N–C) groups is 1. The van der Waals surface area contributed by atoms with Gasteiger partial charge in [-0.25, -0.2) is 4.99 Å². The summed E-state index contributed by atoms with van der Waals surface area (Å²) in [5, 5.41) is 9.62. The second kappa shape index (κ2) is 5.37. The van der Waals surface area contributed by atoms with E-state index in [9.17, 15) is 0 Å². The van der Waals surface area contributed by atoms with Gasteiger partial charge in [-0.05, 0) is 42.7 Å². The highest BCUT2D eigenvalue weighted by molar-refractivity contribution is 8.13. The number of aromatic nitrogens is 1. The van der Waals surface area contributed by atoms with Crippen molar-refractivity contribution in [3.05, 3.63) is 54.4 Å². The van der Waals surface area contributed by atoms with Gasteiger partial charge in [0.2, 0.25) is 0 Å². The topological polar surface area (TPSA) is 41.1 Å². The van der Waals surface area contributed by atoms with Crippen LogP contribution in [0.4, 0.5) is 5.69 Å². The van der Waals surface area contributed by atoms with E-state index >= 15 is 0 Å². The van der Waals surface area contributed by atoms with Gasteiger partial charge in [-0.1, -0.05) is 11.8 Å². The van der Waals surface area contributed by atoms with Crippen molar-refractivity contribution in [1.82, 2.24) is 4.57 Å². The van der Waals surface area contributed by atoms with Crippen molar-refractivity contribution in [1.29, 1.82) is 5.26 Å². The summed E-state index contributed by atoms with van der Waals surface area (Å²) < 4.78 is 1.96. The standard InChI is InChI=1S/C13H11N3S/c1-17-13(16-8-2-3-9-16)15-12-6-4-11(10-14)5-7-12/h2-9H,1H3. The average molecular weight is 241 g/mol. The summed E-state index contributed by atoms with van der Waals surface area (Å²) in [6, 6.07) is 13.2. The van der Waals surface area contributed by atoms with E-state index in [2.05, 4.69) is 11.1 Å². The van der Waals surface area contributed by atoms with Crippen molar-refractivity contribution in [2.75, 3.05) is 6.26 Å². The lowest BCUT2D eigenvalue weighted by Crippen LogP contribution is -2.03. The molecule has 0 amide bonds. The summed E-state index contributed by atoms with van der Waals surface area (Å²) in [5.74, 6) is 0. The largest absolute Gasteiger partial charge is 0.303 e. The Morgan fingerprint density at radius 2 is 1.88 bits per heavy atom. The first-order chi connectivity index (χ1) is 8.33. The number of rotatable bonds is 1. The number of nitrogens with zero attached hydrogens (tertiary/aromatic N) is 3. The Bertz CT molecular complexity index is 547. The molecule has 3 nitrogen and oxygen atoms in total. The zero-order chi connectivity index (χ0) is 12.1. The first-order valence-electron chi connectivity index (χ1n) is 5.09. The summed E-state index contributed by atoms with van der Waals surface area (Å²) >= 11 is 1.58. The molecule has 0 saturated carbocycles. The lowest BCUT2D eigenvalue weighted by atomic mass is 10.2. The van der Waals surface area contributed by atoms with Crippen molar-refractivity contribution in [3.63, 3.8) is 0 Å². The van der Waals surface area contributed by atoms with Crippen LogP contribution in [0.25, 0.3) is 0 Å². The van der Waals surface area contributed by atoms with Crippen molar-refractivity contribution in [3.8, 4) is 6.07 Å². The molecule has 0 radical (unpaired) electrons. The summed E-state index contributed by atoms with van der Waals surface area (Å²) in [6.07, 6.45) is 5.90. The molecule has 0 aliphatic heterocycles. The molecular weight excluding hydrogens is 230 g/mol. The Hall–Kier alpha value is -1.99. The predicted molar refractivity (Wildman–Crippen MR) is 71.6 cm³/mol. The maximum atomic E-state index is 8.71. The third-order valence-corrected chi connectivity index (χ3v) is 2.90. The van der Waals surface area contributed by atoms with E-state index in [0.29, 0.717) is 5.56 Å². The molecule has 0 aliphatic carbocycles. The quantitative estimate of drug-likeness (QED) is 0.568. The van der Waals surface area contributed by atoms with Crippen molar-refractivity contribution >= 4 is 22.6 Å². The summed E-state index contributed by atoms with van der Waals surface area (Å²) in [5.41, 5.74) is 1.50. The SMILES string of the molecule is CSC(=Nc1ccc(C#N)cc1)n1cccc1. The molecule has 84 valence electrons. The molecule has 0 fully saturated rings. The van der Waals surface area contributed by atoms with E-state index in [1.807, 2.05) is 47.5 Å². The Kier molecular flexibility index (Phi) is 3.63. The molecule has 0 N–H and O–H groups in total. The third kappa shape index (κ3) is 2.77. The van der Waals surface area contributed by atoms with Gasteiger partial charge in [0.05, 0.1) is 17.3 Å². The first-order valence-corrected chi connectivity index (χ1v) is 6.32. The van der Waals surface area contributed by atoms with E-state index in [1.165, 1.54) is 0 Å². The molecular formula is C13H11N3S. The van der Waals surface area contributed by atoms with E-state index in [0.717, 1.165) is 10.9 Å². The minimum atomic E-state index is 0.649. The summed E-state index contributed by atoms with van der Waals surface area (Å²) in [4.78, 5) is 4.53. The van der Waals surface area contributed by atoms with E-state index < -0.39 is 0 Å². The molecule has 17 heavy (non-hydrogen) atoms. The monoisotopic (exact) mass is 241 g/mol. The van der Waals surface area contributed by atoms with Gasteiger partial charge in [-0.3, -0.25) is 0 Å².